The second kappa shape index (κ2) is 6.49. The number of aromatic nitrogens is 3. The van der Waals surface area contributed by atoms with E-state index in [1.54, 1.807) is 12.1 Å². The van der Waals surface area contributed by atoms with Crippen LogP contribution >= 0.6 is 11.8 Å². The van der Waals surface area contributed by atoms with Gasteiger partial charge < -0.3 is 0 Å². The predicted octanol–water partition coefficient (Wildman–Crippen LogP) is 1.79. The van der Waals surface area contributed by atoms with Gasteiger partial charge in [-0.3, -0.25) is 10.1 Å². The SMILES string of the molecule is C#CCSc1nncn1/N=C\c1cccc([N+](=O)[O-])c1. The zero-order valence-corrected chi connectivity index (χ0v) is 11.0. The van der Waals surface area contributed by atoms with Crippen molar-refractivity contribution in [3.8, 4) is 12.3 Å². The summed E-state index contributed by atoms with van der Waals surface area (Å²) in [4.78, 5) is 10.2. The van der Waals surface area contributed by atoms with Crippen molar-refractivity contribution >= 4 is 23.7 Å². The Morgan fingerprint density at radius 2 is 2.45 bits per heavy atom. The van der Waals surface area contributed by atoms with Crippen LogP contribution in [0.2, 0.25) is 0 Å². The van der Waals surface area contributed by atoms with E-state index in [2.05, 4.69) is 21.2 Å². The minimum atomic E-state index is -0.454. The molecule has 0 N–H and O–H groups in total. The zero-order valence-electron chi connectivity index (χ0n) is 10.2. The number of hydrogen-bond acceptors (Lipinski definition) is 6. The van der Waals surface area contributed by atoms with Crippen molar-refractivity contribution in [2.24, 2.45) is 5.10 Å². The monoisotopic (exact) mass is 287 g/mol. The number of nitro benzene ring substituents is 1. The lowest BCUT2D eigenvalue weighted by Crippen LogP contribution is -1.93. The van der Waals surface area contributed by atoms with Gasteiger partial charge in [-0.25, -0.2) is 0 Å². The van der Waals surface area contributed by atoms with Gasteiger partial charge in [-0.1, -0.05) is 29.8 Å². The first-order valence-electron chi connectivity index (χ1n) is 5.46. The zero-order chi connectivity index (χ0) is 14.4. The third kappa shape index (κ3) is 3.43. The summed E-state index contributed by atoms with van der Waals surface area (Å²) in [5.74, 6) is 2.95. The molecule has 8 heteroatoms. The molecule has 0 amide bonds. The first-order chi connectivity index (χ1) is 9.70. The Morgan fingerprint density at radius 3 is 3.20 bits per heavy atom. The molecule has 0 saturated carbocycles. The Balaban J connectivity index is 2.17. The van der Waals surface area contributed by atoms with Crippen molar-refractivity contribution < 1.29 is 4.92 Å². The van der Waals surface area contributed by atoms with Gasteiger partial charge in [-0.05, 0) is 0 Å². The Hall–Kier alpha value is -2.66. The average Bonchev–Trinajstić information content (AvgIpc) is 2.90. The number of nitro groups is 1. The highest BCUT2D eigenvalue weighted by atomic mass is 32.2. The molecule has 0 bridgehead atoms. The summed E-state index contributed by atoms with van der Waals surface area (Å²) in [6.07, 6.45) is 8.11. The molecule has 2 rings (SSSR count). The van der Waals surface area contributed by atoms with Crippen molar-refractivity contribution in [3.63, 3.8) is 0 Å². The number of benzene rings is 1. The van der Waals surface area contributed by atoms with Crippen LogP contribution in [0.15, 0.2) is 40.9 Å². The summed E-state index contributed by atoms with van der Waals surface area (Å²) in [7, 11) is 0. The van der Waals surface area contributed by atoms with Crippen LogP contribution in [-0.4, -0.2) is 31.8 Å². The lowest BCUT2D eigenvalue weighted by molar-refractivity contribution is -0.384. The standard InChI is InChI=1S/C12H9N5O2S/c1-2-6-20-12-15-13-9-16(12)14-8-10-4-3-5-11(7-10)17(18)19/h1,3-5,7-9H,6H2/b14-8-. The highest BCUT2D eigenvalue weighted by molar-refractivity contribution is 7.99. The highest BCUT2D eigenvalue weighted by Gasteiger charge is 2.05. The van der Waals surface area contributed by atoms with Crippen LogP contribution in [0.3, 0.4) is 0 Å². The maximum Gasteiger partial charge on any atom is 0.270 e. The van der Waals surface area contributed by atoms with E-state index in [1.165, 1.54) is 41.1 Å². The van der Waals surface area contributed by atoms with Gasteiger partial charge >= 0.3 is 0 Å². The fourth-order valence-corrected chi connectivity index (χ4v) is 1.89. The van der Waals surface area contributed by atoms with Crippen molar-refractivity contribution in [2.45, 2.75) is 5.16 Å². The molecule has 0 fully saturated rings. The van der Waals surface area contributed by atoms with Crippen LogP contribution in [0.1, 0.15) is 5.56 Å². The molecule has 1 aromatic carbocycles. The number of rotatable bonds is 5. The number of hydrogen-bond donors (Lipinski definition) is 0. The molecule has 0 aliphatic carbocycles. The summed E-state index contributed by atoms with van der Waals surface area (Å²) >= 11 is 1.33. The topological polar surface area (TPSA) is 86.2 Å². The van der Waals surface area contributed by atoms with Gasteiger partial charge in [-0.15, -0.1) is 16.6 Å². The smallest absolute Gasteiger partial charge is 0.258 e. The molecule has 0 saturated heterocycles. The molecule has 0 atom stereocenters. The molecule has 2 aromatic rings. The van der Waals surface area contributed by atoms with E-state index in [4.69, 9.17) is 6.42 Å². The molecular formula is C12H9N5O2S. The number of nitrogens with zero attached hydrogens (tertiary/aromatic N) is 5. The number of non-ortho nitro benzene ring substituents is 1. The molecule has 0 unspecified atom stereocenters. The molecule has 0 aliphatic rings. The average molecular weight is 287 g/mol. The third-order valence-corrected chi connectivity index (χ3v) is 3.04. The number of terminal acetylenes is 1. The fraction of sp³-hybridized carbons (Fsp3) is 0.0833. The van der Waals surface area contributed by atoms with Crippen LogP contribution < -0.4 is 0 Å². The van der Waals surface area contributed by atoms with E-state index in [1.807, 2.05) is 0 Å². The lowest BCUT2D eigenvalue weighted by Gasteiger charge is -1.97. The van der Waals surface area contributed by atoms with Gasteiger partial charge in [0.25, 0.3) is 5.69 Å². The summed E-state index contributed by atoms with van der Waals surface area (Å²) in [5, 5.41) is 23.0. The van der Waals surface area contributed by atoms with Crippen LogP contribution in [0.25, 0.3) is 0 Å². The molecule has 20 heavy (non-hydrogen) atoms. The molecule has 0 radical (unpaired) electrons. The summed E-state index contributed by atoms with van der Waals surface area (Å²) in [5.41, 5.74) is 0.625. The highest BCUT2D eigenvalue weighted by Crippen LogP contribution is 2.14. The molecule has 0 aliphatic heterocycles. The Bertz CT molecular complexity index is 689. The molecule has 100 valence electrons. The van der Waals surface area contributed by atoms with Crippen LogP contribution in [0, 0.1) is 22.5 Å². The van der Waals surface area contributed by atoms with Gasteiger partial charge in [0.15, 0.2) is 0 Å². The fourth-order valence-electron chi connectivity index (χ4n) is 1.35. The molecule has 0 spiro atoms. The first kappa shape index (κ1) is 13.8. The minimum Gasteiger partial charge on any atom is -0.258 e. The largest absolute Gasteiger partial charge is 0.270 e. The van der Waals surface area contributed by atoms with Gasteiger partial charge in [0.1, 0.15) is 6.33 Å². The normalized spacial score (nSPS) is 10.6. The van der Waals surface area contributed by atoms with Crippen LogP contribution in [0.4, 0.5) is 5.69 Å². The Kier molecular flexibility index (Phi) is 4.47. The Morgan fingerprint density at radius 1 is 1.60 bits per heavy atom. The van der Waals surface area contributed by atoms with Gasteiger partial charge in [0.2, 0.25) is 5.16 Å². The van der Waals surface area contributed by atoms with Crippen molar-refractivity contribution in [1.82, 2.24) is 14.9 Å². The quantitative estimate of drug-likeness (QED) is 0.275. The molecule has 7 nitrogen and oxygen atoms in total. The summed E-state index contributed by atoms with van der Waals surface area (Å²) in [6, 6.07) is 6.17. The van der Waals surface area contributed by atoms with Crippen molar-refractivity contribution in [1.29, 1.82) is 0 Å². The van der Waals surface area contributed by atoms with E-state index >= 15 is 0 Å². The van der Waals surface area contributed by atoms with Gasteiger partial charge in [0, 0.05) is 17.7 Å². The predicted molar refractivity (Wildman–Crippen MR) is 75.7 cm³/mol. The van der Waals surface area contributed by atoms with E-state index in [9.17, 15) is 10.1 Å². The van der Waals surface area contributed by atoms with Crippen molar-refractivity contribution in [2.75, 3.05) is 5.75 Å². The second-order valence-electron chi connectivity index (χ2n) is 3.55. The van der Waals surface area contributed by atoms with E-state index < -0.39 is 4.92 Å². The minimum absolute atomic E-state index is 0.0136. The van der Waals surface area contributed by atoms with Crippen LogP contribution in [0.5, 0.6) is 0 Å². The maximum absolute atomic E-state index is 10.7. The first-order valence-corrected chi connectivity index (χ1v) is 6.44. The van der Waals surface area contributed by atoms with E-state index in [-0.39, 0.29) is 5.69 Å². The van der Waals surface area contributed by atoms with Gasteiger partial charge in [0.05, 0.1) is 16.9 Å². The maximum atomic E-state index is 10.7. The number of thioether (sulfide) groups is 1. The summed E-state index contributed by atoms with van der Waals surface area (Å²) in [6.45, 7) is 0. The third-order valence-electron chi connectivity index (χ3n) is 2.20. The van der Waals surface area contributed by atoms with Crippen LogP contribution in [-0.2, 0) is 0 Å². The second-order valence-corrected chi connectivity index (χ2v) is 4.49. The molecule has 1 heterocycles. The van der Waals surface area contributed by atoms with E-state index in [0.717, 1.165) is 0 Å². The summed E-state index contributed by atoms with van der Waals surface area (Å²) < 4.78 is 1.46. The van der Waals surface area contributed by atoms with Crippen molar-refractivity contribution in [3.05, 3.63) is 46.3 Å². The Labute approximate surface area is 118 Å². The van der Waals surface area contributed by atoms with E-state index in [0.29, 0.717) is 16.5 Å². The molecule has 1 aromatic heterocycles. The lowest BCUT2D eigenvalue weighted by atomic mass is 10.2. The van der Waals surface area contributed by atoms with Gasteiger partial charge in [-0.2, -0.15) is 9.78 Å². The molecular weight excluding hydrogens is 278 g/mol.